The molecule has 2 N–H and O–H groups in total. The van der Waals surface area contributed by atoms with E-state index in [1.165, 1.54) is 0 Å². The first-order valence-electron chi connectivity index (χ1n) is 6.91. The Hall–Kier alpha value is -0.910. The number of nitrogens with one attached hydrogen (secondary N) is 2. The molecular formula is C14H20N2O2S. The van der Waals surface area contributed by atoms with Crippen LogP contribution in [0.25, 0.3) is 0 Å². The van der Waals surface area contributed by atoms with Gasteiger partial charge in [-0.3, -0.25) is 0 Å². The Labute approximate surface area is 114 Å². The fourth-order valence-corrected chi connectivity index (χ4v) is 4.65. The third-order valence-electron chi connectivity index (χ3n) is 4.62. The van der Waals surface area contributed by atoms with Gasteiger partial charge < -0.3 is 5.32 Å². The Kier molecular flexibility index (Phi) is 3.37. The lowest BCUT2D eigenvalue weighted by Gasteiger charge is -2.52. The molecule has 5 heteroatoms. The van der Waals surface area contributed by atoms with Gasteiger partial charge in [0, 0.05) is 6.04 Å². The molecule has 1 unspecified atom stereocenters. The smallest absolute Gasteiger partial charge is 0.240 e. The SMILES string of the molecule is O=S(=O)(NC1CCC12CCNCC2)c1ccccc1. The van der Waals surface area contributed by atoms with Crippen LogP contribution in [0.2, 0.25) is 0 Å². The lowest BCUT2D eigenvalue weighted by Crippen LogP contribution is -2.58. The summed E-state index contributed by atoms with van der Waals surface area (Å²) in [5, 5.41) is 3.35. The Bertz CT molecular complexity index is 536. The minimum atomic E-state index is -3.37. The summed E-state index contributed by atoms with van der Waals surface area (Å²) < 4.78 is 27.6. The van der Waals surface area contributed by atoms with E-state index in [2.05, 4.69) is 10.0 Å². The molecule has 1 saturated heterocycles. The third kappa shape index (κ3) is 2.42. The number of piperidine rings is 1. The lowest BCUT2D eigenvalue weighted by molar-refractivity contribution is 0.0437. The van der Waals surface area contributed by atoms with E-state index in [-0.39, 0.29) is 11.5 Å². The highest BCUT2D eigenvalue weighted by Gasteiger charge is 2.48. The van der Waals surface area contributed by atoms with Crippen molar-refractivity contribution in [3.8, 4) is 0 Å². The largest absolute Gasteiger partial charge is 0.317 e. The molecule has 0 bridgehead atoms. The minimum absolute atomic E-state index is 0.111. The van der Waals surface area contributed by atoms with Crippen molar-refractivity contribution in [2.24, 2.45) is 5.41 Å². The second kappa shape index (κ2) is 4.89. The predicted octanol–water partition coefficient (Wildman–Crippen LogP) is 1.50. The minimum Gasteiger partial charge on any atom is -0.317 e. The van der Waals surface area contributed by atoms with Gasteiger partial charge >= 0.3 is 0 Å². The molecule has 0 radical (unpaired) electrons. The first kappa shape index (κ1) is 13.1. The summed E-state index contributed by atoms with van der Waals surface area (Å²) in [6.45, 7) is 2.01. The van der Waals surface area contributed by atoms with Gasteiger partial charge in [-0.05, 0) is 56.3 Å². The maximum Gasteiger partial charge on any atom is 0.240 e. The van der Waals surface area contributed by atoms with Crippen LogP contribution in [0.3, 0.4) is 0 Å². The summed E-state index contributed by atoms with van der Waals surface area (Å²) in [6, 6.07) is 8.76. The molecule has 4 nitrogen and oxygen atoms in total. The molecule has 1 aliphatic carbocycles. The van der Waals surface area contributed by atoms with Crippen molar-refractivity contribution in [1.29, 1.82) is 0 Å². The zero-order valence-electron chi connectivity index (χ0n) is 10.9. The summed E-state index contributed by atoms with van der Waals surface area (Å²) in [7, 11) is -3.37. The van der Waals surface area contributed by atoms with Gasteiger partial charge in [0.2, 0.25) is 10.0 Å². The van der Waals surface area contributed by atoms with Crippen molar-refractivity contribution < 1.29 is 8.42 Å². The average Bonchev–Trinajstić information content (AvgIpc) is 2.46. The van der Waals surface area contributed by atoms with Crippen molar-refractivity contribution in [1.82, 2.24) is 10.0 Å². The highest BCUT2D eigenvalue weighted by atomic mass is 32.2. The molecule has 3 rings (SSSR count). The molecule has 1 aliphatic heterocycles. The van der Waals surface area contributed by atoms with Crippen molar-refractivity contribution in [3.05, 3.63) is 30.3 Å². The zero-order valence-corrected chi connectivity index (χ0v) is 11.7. The van der Waals surface area contributed by atoms with Crippen LogP contribution in [0, 0.1) is 5.41 Å². The van der Waals surface area contributed by atoms with Gasteiger partial charge in [-0.2, -0.15) is 0 Å². The van der Waals surface area contributed by atoms with Crippen LogP contribution in [-0.4, -0.2) is 27.5 Å². The van der Waals surface area contributed by atoms with Crippen LogP contribution in [0.15, 0.2) is 35.2 Å². The van der Waals surface area contributed by atoms with E-state index in [1.807, 2.05) is 6.07 Å². The van der Waals surface area contributed by atoms with Crippen LogP contribution in [0.4, 0.5) is 0 Å². The molecule has 1 aromatic rings. The van der Waals surface area contributed by atoms with E-state index in [0.717, 1.165) is 38.8 Å². The normalized spacial score (nSPS) is 26.0. The molecule has 19 heavy (non-hydrogen) atoms. The number of rotatable bonds is 3. The fraction of sp³-hybridized carbons (Fsp3) is 0.571. The molecule has 1 saturated carbocycles. The highest BCUT2D eigenvalue weighted by Crippen LogP contribution is 2.48. The Morgan fingerprint density at radius 1 is 1.11 bits per heavy atom. The number of hydrogen-bond donors (Lipinski definition) is 2. The molecule has 2 fully saturated rings. The van der Waals surface area contributed by atoms with Gasteiger partial charge in [0.15, 0.2) is 0 Å². The van der Waals surface area contributed by atoms with Crippen LogP contribution in [-0.2, 0) is 10.0 Å². The summed E-state index contributed by atoms with van der Waals surface area (Å²) in [6.07, 6.45) is 4.27. The van der Waals surface area contributed by atoms with E-state index in [1.54, 1.807) is 24.3 Å². The quantitative estimate of drug-likeness (QED) is 0.882. The first-order chi connectivity index (χ1) is 9.12. The van der Waals surface area contributed by atoms with Gasteiger partial charge in [-0.25, -0.2) is 13.1 Å². The maximum atomic E-state index is 12.3. The van der Waals surface area contributed by atoms with Crippen LogP contribution in [0.1, 0.15) is 25.7 Å². The number of benzene rings is 1. The standard InChI is InChI=1S/C14H20N2O2S/c17-19(18,12-4-2-1-3-5-12)16-13-6-7-14(13)8-10-15-11-9-14/h1-5,13,15-16H,6-11H2. The highest BCUT2D eigenvalue weighted by molar-refractivity contribution is 7.89. The maximum absolute atomic E-state index is 12.3. The van der Waals surface area contributed by atoms with Gasteiger partial charge in [0.25, 0.3) is 0 Å². The molecule has 0 amide bonds. The topological polar surface area (TPSA) is 58.2 Å². The van der Waals surface area contributed by atoms with E-state index in [4.69, 9.17) is 0 Å². The fourth-order valence-electron chi connectivity index (χ4n) is 3.26. The average molecular weight is 280 g/mol. The van der Waals surface area contributed by atoms with Crippen molar-refractivity contribution in [2.45, 2.75) is 36.6 Å². The van der Waals surface area contributed by atoms with Crippen LogP contribution < -0.4 is 10.0 Å². The molecule has 0 aromatic heterocycles. The van der Waals surface area contributed by atoms with Gasteiger partial charge in [0.05, 0.1) is 4.90 Å². The van der Waals surface area contributed by atoms with Crippen LogP contribution in [0.5, 0.6) is 0 Å². The molecule has 1 heterocycles. The molecular weight excluding hydrogens is 260 g/mol. The monoisotopic (exact) mass is 280 g/mol. The van der Waals surface area contributed by atoms with Gasteiger partial charge in [-0.1, -0.05) is 18.2 Å². The summed E-state index contributed by atoms with van der Waals surface area (Å²) in [5.74, 6) is 0. The second-order valence-electron chi connectivity index (χ2n) is 5.64. The molecule has 1 atom stereocenters. The van der Waals surface area contributed by atoms with Gasteiger partial charge in [0.1, 0.15) is 0 Å². The predicted molar refractivity (Wildman–Crippen MR) is 74.3 cm³/mol. The van der Waals surface area contributed by atoms with Crippen molar-refractivity contribution >= 4 is 10.0 Å². The van der Waals surface area contributed by atoms with Crippen molar-refractivity contribution in [3.63, 3.8) is 0 Å². The van der Waals surface area contributed by atoms with E-state index >= 15 is 0 Å². The van der Waals surface area contributed by atoms with Crippen molar-refractivity contribution in [2.75, 3.05) is 13.1 Å². The molecule has 1 spiro atoms. The lowest BCUT2D eigenvalue weighted by atomic mass is 9.60. The Morgan fingerprint density at radius 2 is 1.79 bits per heavy atom. The van der Waals surface area contributed by atoms with E-state index < -0.39 is 10.0 Å². The summed E-state index contributed by atoms with van der Waals surface area (Å²) in [5.41, 5.74) is 0.201. The van der Waals surface area contributed by atoms with E-state index in [9.17, 15) is 8.42 Å². The number of hydrogen-bond acceptors (Lipinski definition) is 3. The second-order valence-corrected chi connectivity index (χ2v) is 7.35. The Balaban J connectivity index is 1.75. The summed E-state index contributed by atoms with van der Waals surface area (Å²) in [4.78, 5) is 0.367. The molecule has 2 aliphatic rings. The van der Waals surface area contributed by atoms with Gasteiger partial charge in [-0.15, -0.1) is 0 Å². The van der Waals surface area contributed by atoms with Crippen LogP contribution >= 0.6 is 0 Å². The Morgan fingerprint density at radius 3 is 2.37 bits per heavy atom. The molecule has 1 aromatic carbocycles. The molecule has 104 valence electrons. The summed E-state index contributed by atoms with van der Waals surface area (Å²) >= 11 is 0. The van der Waals surface area contributed by atoms with E-state index in [0.29, 0.717) is 4.90 Å². The number of sulfonamides is 1. The first-order valence-corrected chi connectivity index (χ1v) is 8.39. The third-order valence-corrected chi connectivity index (χ3v) is 6.11. The zero-order chi connectivity index (χ0) is 13.3.